The number of hydrogen-bond donors (Lipinski definition) is 0. The number of aryl methyl sites for hydroxylation is 1. The third-order valence-corrected chi connectivity index (χ3v) is 1.39. The normalized spacial score (nSPS) is 9.64. The summed E-state index contributed by atoms with van der Waals surface area (Å²) < 4.78 is 5.92. The van der Waals surface area contributed by atoms with E-state index >= 15 is 0 Å². The number of aromatic nitrogens is 1. The SMILES string of the molecule is CCOc1ccc(C)[n+]([O-])c1. The summed E-state index contributed by atoms with van der Waals surface area (Å²) >= 11 is 0. The Morgan fingerprint density at radius 1 is 1.55 bits per heavy atom. The maximum absolute atomic E-state index is 11.0. The molecule has 60 valence electrons. The number of pyridine rings is 1. The minimum Gasteiger partial charge on any atom is -0.618 e. The highest BCUT2D eigenvalue weighted by atomic mass is 16.5. The second kappa shape index (κ2) is 3.23. The lowest BCUT2D eigenvalue weighted by molar-refractivity contribution is -0.612. The molecule has 0 saturated heterocycles. The van der Waals surface area contributed by atoms with E-state index in [4.69, 9.17) is 4.74 Å². The smallest absolute Gasteiger partial charge is 0.222 e. The Bertz CT molecular complexity index is 248. The number of nitrogens with zero attached hydrogens (tertiary/aromatic N) is 1. The average Bonchev–Trinajstić information content (AvgIpc) is 1.98. The van der Waals surface area contributed by atoms with Crippen molar-refractivity contribution < 1.29 is 9.47 Å². The molecule has 0 amide bonds. The van der Waals surface area contributed by atoms with Gasteiger partial charge in [0.25, 0.3) is 0 Å². The van der Waals surface area contributed by atoms with Crippen molar-refractivity contribution in [2.24, 2.45) is 0 Å². The van der Waals surface area contributed by atoms with E-state index in [-0.39, 0.29) is 0 Å². The average molecular weight is 153 g/mol. The summed E-state index contributed by atoms with van der Waals surface area (Å²) in [7, 11) is 0. The van der Waals surface area contributed by atoms with Gasteiger partial charge in [0, 0.05) is 13.0 Å². The van der Waals surface area contributed by atoms with Crippen molar-refractivity contribution in [2.75, 3.05) is 6.61 Å². The topological polar surface area (TPSA) is 36.2 Å². The predicted molar refractivity (Wildman–Crippen MR) is 41.3 cm³/mol. The molecule has 0 aliphatic rings. The van der Waals surface area contributed by atoms with Gasteiger partial charge in [0.15, 0.2) is 11.4 Å². The second-order valence-electron chi connectivity index (χ2n) is 2.26. The van der Waals surface area contributed by atoms with Crippen LogP contribution in [0, 0.1) is 12.1 Å². The summed E-state index contributed by atoms with van der Waals surface area (Å²) in [5.41, 5.74) is 0.674. The van der Waals surface area contributed by atoms with Gasteiger partial charge < -0.3 is 9.94 Å². The van der Waals surface area contributed by atoms with Gasteiger partial charge in [-0.05, 0) is 13.0 Å². The first-order chi connectivity index (χ1) is 5.24. The Balaban J connectivity index is 2.86. The molecule has 0 atom stereocenters. The van der Waals surface area contributed by atoms with Crippen LogP contribution in [-0.2, 0) is 0 Å². The third-order valence-electron chi connectivity index (χ3n) is 1.39. The lowest BCUT2D eigenvalue weighted by Gasteiger charge is -2.03. The van der Waals surface area contributed by atoms with Gasteiger partial charge in [-0.15, -0.1) is 0 Å². The lowest BCUT2D eigenvalue weighted by atomic mass is 10.4. The van der Waals surface area contributed by atoms with Crippen LogP contribution in [0.2, 0.25) is 0 Å². The van der Waals surface area contributed by atoms with Gasteiger partial charge in [0.2, 0.25) is 6.20 Å². The molecule has 0 aliphatic carbocycles. The quantitative estimate of drug-likeness (QED) is 0.470. The highest BCUT2D eigenvalue weighted by Gasteiger charge is 2.00. The fourth-order valence-corrected chi connectivity index (χ4v) is 0.789. The Morgan fingerprint density at radius 2 is 2.27 bits per heavy atom. The third kappa shape index (κ3) is 1.83. The van der Waals surface area contributed by atoms with Gasteiger partial charge in [-0.2, -0.15) is 4.73 Å². The summed E-state index contributed by atoms with van der Waals surface area (Å²) in [5.74, 6) is 0.619. The zero-order chi connectivity index (χ0) is 8.27. The molecule has 3 nitrogen and oxygen atoms in total. The van der Waals surface area contributed by atoms with Crippen molar-refractivity contribution in [1.82, 2.24) is 0 Å². The summed E-state index contributed by atoms with van der Waals surface area (Å²) in [4.78, 5) is 0. The van der Waals surface area contributed by atoms with Crippen LogP contribution in [0.3, 0.4) is 0 Å². The van der Waals surface area contributed by atoms with E-state index in [0.29, 0.717) is 18.1 Å². The Morgan fingerprint density at radius 3 is 2.82 bits per heavy atom. The first-order valence-corrected chi connectivity index (χ1v) is 3.56. The monoisotopic (exact) mass is 153 g/mol. The first-order valence-electron chi connectivity index (χ1n) is 3.56. The number of hydrogen-bond acceptors (Lipinski definition) is 2. The van der Waals surface area contributed by atoms with Gasteiger partial charge in [-0.25, -0.2) is 0 Å². The highest BCUT2D eigenvalue weighted by molar-refractivity contribution is 5.15. The maximum atomic E-state index is 11.0. The van der Waals surface area contributed by atoms with Crippen LogP contribution in [0.15, 0.2) is 18.3 Å². The van der Waals surface area contributed by atoms with Crippen LogP contribution in [0.5, 0.6) is 5.75 Å². The van der Waals surface area contributed by atoms with E-state index in [9.17, 15) is 5.21 Å². The number of ether oxygens (including phenoxy) is 1. The van der Waals surface area contributed by atoms with Crippen LogP contribution >= 0.6 is 0 Å². The summed E-state index contributed by atoms with van der Waals surface area (Å²) in [6.07, 6.45) is 1.43. The molecular formula is C8H11NO2. The van der Waals surface area contributed by atoms with E-state index in [2.05, 4.69) is 0 Å². The summed E-state index contributed by atoms with van der Waals surface area (Å²) in [6.45, 7) is 4.22. The van der Waals surface area contributed by atoms with Crippen molar-refractivity contribution in [3.63, 3.8) is 0 Å². The van der Waals surface area contributed by atoms with E-state index in [1.165, 1.54) is 6.20 Å². The van der Waals surface area contributed by atoms with Crippen molar-refractivity contribution in [2.45, 2.75) is 13.8 Å². The van der Waals surface area contributed by atoms with Crippen LogP contribution < -0.4 is 9.47 Å². The summed E-state index contributed by atoms with van der Waals surface area (Å²) in [6, 6.07) is 3.52. The van der Waals surface area contributed by atoms with Crippen LogP contribution in [0.25, 0.3) is 0 Å². The molecule has 0 N–H and O–H groups in total. The molecule has 0 aliphatic heterocycles. The fourth-order valence-electron chi connectivity index (χ4n) is 0.789. The van der Waals surface area contributed by atoms with E-state index in [1.807, 2.05) is 6.92 Å². The molecule has 0 aromatic carbocycles. The molecule has 0 bridgehead atoms. The summed E-state index contributed by atoms with van der Waals surface area (Å²) in [5, 5.41) is 11.0. The minimum absolute atomic E-state index is 0.586. The lowest BCUT2D eigenvalue weighted by Crippen LogP contribution is -2.29. The zero-order valence-corrected chi connectivity index (χ0v) is 6.70. The molecule has 1 aromatic heterocycles. The van der Waals surface area contributed by atoms with Crippen LogP contribution in [0.1, 0.15) is 12.6 Å². The van der Waals surface area contributed by atoms with Gasteiger partial charge in [0.05, 0.1) is 6.61 Å². The molecule has 0 unspecified atom stereocenters. The molecule has 0 spiro atoms. The molecular weight excluding hydrogens is 142 g/mol. The molecule has 1 heterocycles. The Labute approximate surface area is 65.8 Å². The molecule has 11 heavy (non-hydrogen) atoms. The Hall–Kier alpha value is -1.25. The molecule has 0 fully saturated rings. The molecule has 0 saturated carbocycles. The number of rotatable bonds is 2. The molecule has 1 rings (SSSR count). The van der Waals surface area contributed by atoms with Crippen molar-refractivity contribution in [3.05, 3.63) is 29.2 Å². The largest absolute Gasteiger partial charge is 0.618 e. The van der Waals surface area contributed by atoms with E-state index in [0.717, 1.165) is 4.73 Å². The second-order valence-corrected chi connectivity index (χ2v) is 2.26. The van der Waals surface area contributed by atoms with Gasteiger partial charge in [-0.1, -0.05) is 0 Å². The molecule has 0 radical (unpaired) electrons. The van der Waals surface area contributed by atoms with E-state index in [1.54, 1.807) is 19.1 Å². The molecule has 1 aromatic rings. The van der Waals surface area contributed by atoms with E-state index < -0.39 is 0 Å². The highest BCUT2D eigenvalue weighted by Crippen LogP contribution is 2.06. The van der Waals surface area contributed by atoms with Gasteiger partial charge in [0.1, 0.15) is 0 Å². The van der Waals surface area contributed by atoms with Crippen molar-refractivity contribution in [3.8, 4) is 5.75 Å². The zero-order valence-electron chi connectivity index (χ0n) is 6.70. The van der Waals surface area contributed by atoms with Crippen LogP contribution in [0.4, 0.5) is 0 Å². The van der Waals surface area contributed by atoms with Crippen molar-refractivity contribution in [1.29, 1.82) is 0 Å². The Kier molecular flexibility index (Phi) is 2.31. The first kappa shape index (κ1) is 7.85. The van der Waals surface area contributed by atoms with Crippen LogP contribution in [-0.4, -0.2) is 6.61 Å². The van der Waals surface area contributed by atoms with Gasteiger partial charge in [-0.3, -0.25) is 0 Å². The molecule has 3 heteroatoms. The standard InChI is InChI=1S/C8H11NO2/c1-3-11-8-5-4-7(2)9(10)6-8/h4-6H,3H2,1-2H3. The maximum Gasteiger partial charge on any atom is 0.222 e. The fraction of sp³-hybridized carbons (Fsp3) is 0.375. The predicted octanol–water partition coefficient (Wildman–Crippen LogP) is 1.03. The minimum atomic E-state index is 0.586. The van der Waals surface area contributed by atoms with Crippen molar-refractivity contribution >= 4 is 0 Å². The van der Waals surface area contributed by atoms with Gasteiger partial charge >= 0.3 is 0 Å².